The molecule has 0 bridgehead atoms. The molecule has 2 aromatic carbocycles. The van der Waals surface area contributed by atoms with E-state index in [0.29, 0.717) is 0 Å². The second-order valence-corrected chi connectivity index (χ2v) is 7.45. The smallest absolute Gasteiger partial charge is 0.170 e. The van der Waals surface area contributed by atoms with Crippen LogP contribution in [-0.4, -0.2) is 37.0 Å². The van der Waals surface area contributed by atoms with Crippen LogP contribution in [-0.2, 0) is 12.8 Å². The highest BCUT2D eigenvalue weighted by atomic mass is 15.0. The van der Waals surface area contributed by atoms with E-state index < -0.39 is 0 Å². The minimum atomic E-state index is 1.09. The lowest BCUT2D eigenvalue weighted by Gasteiger charge is -2.12. The summed E-state index contributed by atoms with van der Waals surface area (Å²) in [5.41, 5.74) is 5.79. The highest BCUT2D eigenvalue weighted by molar-refractivity contribution is 5.78. The minimum absolute atomic E-state index is 1.09. The number of benzene rings is 2. The fraction of sp³-hybridized carbons (Fsp3) is 0.458. The lowest BCUT2D eigenvalue weighted by atomic mass is 10.0. The number of aryl methyl sites for hydroxylation is 1. The normalized spacial score (nSPS) is 13.3. The van der Waals surface area contributed by atoms with Gasteiger partial charge < -0.3 is 5.32 Å². The van der Waals surface area contributed by atoms with Gasteiger partial charge in [0, 0.05) is 18.4 Å². The van der Waals surface area contributed by atoms with E-state index >= 15 is 0 Å². The highest BCUT2D eigenvalue weighted by Crippen LogP contribution is 2.12. The Morgan fingerprint density at radius 2 is 1.69 bits per heavy atom. The molecule has 138 valence electrons. The molecule has 1 aliphatic rings. The number of nitrogens with zero attached hydrogens (tertiary/aromatic N) is 1. The average molecular weight is 350 g/mol. The second kappa shape index (κ2) is 10.3. The van der Waals surface area contributed by atoms with Gasteiger partial charge in [0.05, 0.1) is 0 Å². The predicted molar refractivity (Wildman–Crippen MR) is 112 cm³/mol. The van der Waals surface area contributed by atoms with Gasteiger partial charge in [0.1, 0.15) is 13.1 Å². The van der Waals surface area contributed by atoms with Crippen LogP contribution in [0.15, 0.2) is 48.5 Å². The third-order valence-electron chi connectivity index (χ3n) is 5.43. The molecule has 2 aromatic rings. The second-order valence-electron chi connectivity index (χ2n) is 7.45. The average Bonchev–Trinajstić information content (AvgIpc) is 2.68. The van der Waals surface area contributed by atoms with Gasteiger partial charge in [-0.15, -0.1) is 0 Å². The predicted octanol–water partition coefficient (Wildman–Crippen LogP) is 4.38. The molecule has 0 unspecified atom stereocenters. The summed E-state index contributed by atoms with van der Waals surface area (Å²) < 4.78 is 2.50. The van der Waals surface area contributed by atoms with Gasteiger partial charge in [0.2, 0.25) is 0 Å². The molecule has 1 N–H and O–H groups in total. The Labute approximate surface area is 159 Å². The molecule has 0 aliphatic carbocycles. The molecule has 0 fully saturated rings. The molecule has 26 heavy (non-hydrogen) atoms. The number of rotatable bonds is 10. The van der Waals surface area contributed by atoms with Crippen LogP contribution in [0.1, 0.15) is 47.9 Å². The standard InChI is InChI=1S/C24H33N2/c1-21-10-4-5-11-22(21)14-17-25-16-8-2-3-9-18-26-19-15-23-12-6-7-13-24(23)20-26/h4-7,10-13,20,25H,2-3,8-9,14-19H2,1H3/q+1. The van der Waals surface area contributed by atoms with Crippen molar-refractivity contribution in [1.29, 1.82) is 0 Å². The quantitative estimate of drug-likeness (QED) is 0.497. The molecule has 3 rings (SSSR count). The molecule has 0 saturated heterocycles. The maximum Gasteiger partial charge on any atom is 0.170 e. The van der Waals surface area contributed by atoms with Crippen molar-refractivity contribution in [3.8, 4) is 0 Å². The van der Waals surface area contributed by atoms with Gasteiger partial charge in [-0.25, -0.2) is 4.58 Å². The van der Waals surface area contributed by atoms with E-state index in [0.717, 1.165) is 19.5 Å². The molecule has 0 aromatic heterocycles. The molecule has 2 heteroatoms. The molecule has 0 atom stereocenters. The summed E-state index contributed by atoms with van der Waals surface area (Å²) >= 11 is 0. The molecular weight excluding hydrogens is 316 g/mol. The summed E-state index contributed by atoms with van der Waals surface area (Å²) in [5.74, 6) is 0. The lowest BCUT2D eigenvalue weighted by Crippen LogP contribution is -2.23. The highest BCUT2D eigenvalue weighted by Gasteiger charge is 2.14. The monoisotopic (exact) mass is 349 g/mol. The van der Waals surface area contributed by atoms with Crippen molar-refractivity contribution in [3.05, 3.63) is 70.8 Å². The van der Waals surface area contributed by atoms with Crippen molar-refractivity contribution >= 4 is 6.21 Å². The summed E-state index contributed by atoms with van der Waals surface area (Å²) in [6.07, 6.45) is 9.96. The van der Waals surface area contributed by atoms with E-state index in [1.807, 2.05) is 0 Å². The van der Waals surface area contributed by atoms with E-state index in [4.69, 9.17) is 0 Å². The van der Waals surface area contributed by atoms with Crippen LogP contribution in [0.2, 0.25) is 0 Å². The Kier molecular flexibility index (Phi) is 7.45. The largest absolute Gasteiger partial charge is 0.316 e. The molecule has 1 heterocycles. The number of fused-ring (bicyclic) bond motifs is 1. The van der Waals surface area contributed by atoms with Crippen LogP contribution < -0.4 is 5.32 Å². The van der Waals surface area contributed by atoms with E-state index in [1.54, 1.807) is 0 Å². The summed E-state index contributed by atoms with van der Waals surface area (Å²) in [7, 11) is 0. The van der Waals surface area contributed by atoms with E-state index in [1.165, 1.54) is 67.4 Å². The van der Waals surface area contributed by atoms with Gasteiger partial charge in [0.15, 0.2) is 6.21 Å². The van der Waals surface area contributed by atoms with Crippen LogP contribution in [0.3, 0.4) is 0 Å². The lowest BCUT2D eigenvalue weighted by molar-refractivity contribution is -0.524. The summed E-state index contributed by atoms with van der Waals surface area (Å²) in [4.78, 5) is 0. The SMILES string of the molecule is Cc1ccccc1CCNCCCCCC[N+]1=Cc2ccccc2CC1. The Bertz CT molecular complexity index is 718. The van der Waals surface area contributed by atoms with Crippen molar-refractivity contribution in [2.24, 2.45) is 0 Å². The number of nitrogens with one attached hydrogen (secondary N) is 1. The number of hydrogen-bond acceptors (Lipinski definition) is 1. The third-order valence-corrected chi connectivity index (χ3v) is 5.43. The Morgan fingerprint density at radius 1 is 0.885 bits per heavy atom. The van der Waals surface area contributed by atoms with Gasteiger partial charge in [0.25, 0.3) is 0 Å². The molecule has 0 saturated carbocycles. The van der Waals surface area contributed by atoms with Crippen LogP contribution in [0.5, 0.6) is 0 Å². The van der Waals surface area contributed by atoms with Gasteiger partial charge in [-0.05, 0) is 62.0 Å². The van der Waals surface area contributed by atoms with Crippen LogP contribution in [0, 0.1) is 6.92 Å². The first-order valence-corrected chi connectivity index (χ1v) is 10.2. The molecule has 0 radical (unpaired) electrons. The Hall–Kier alpha value is -1.93. The first-order valence-electron chi connectivity index (χ1n) is 10.2. The van der Waals surface area contributed by atoms with Crippen molar-refractivity contribution < 1.29 is 4.58 Å². The topological polar surface area (TPSA) is 15.0 Å². The molecule has 2 nitrogen and oxygen atoms in total. The van der Waals surface area contributed by atoms with Crippen LogP contribution in [0.4, 0.5) is 0 Å². The zero-order chi connectivity index (χ0) is 18.0. The van der Waals surface area contributed by atoms with E-state index in [2.05, 4.69) is 71.6 Å². The summed E-state index contributed by atoms with van der Waals surface area (Å²) in [6, 6.07) is 17.5. The van der Waals surface area contributed by atoms with E-state index in [-0.39, 0.29) is 0 Å². The molecule has 0 amide bonds. The van der Waals surface area contributed by atoms with Crippen molar-refractivity contribution in [1.82, 2.24) is 5.32 Å². The van der Waals surface area contributed by atoms with Gasteiger partial charge in [-0.3, -0.25) is 0 Å². The fourth-order valence-corrected chi connectivity index (χ4v) is 3.75. The molecule has 1 aliphatic heterocycles. The zero-order valence-corrected chi connectivity index (χ0v) is 16.2. The molecular formula is C24H33N2+. The van der Waals surface area contributed by atoms with Crippen molar-refractivity contribution in [2.45, 2.75) is 45.4 Å². The Balaban J connectivity index is 1.22. The molecule has 0 spiro atoms. The maximum absolute atomic E-state index is 3.60. The summed E-state index contributed by atoms with van der Waals surface area (Å²) in [6.45, 7) is 6.82. The minimum Gasteiger partial charge on any atom is -0.316 e. The Morgan fingerprint density at radius 3 is 2.62 bits per heavy atom. The van der Waals surface area contributed by atoms with Crippen LogP contribution in [0.25, 0.3) is 0 Å². The number of hydrogen-bond donors (Lipinski definition) is 1. The van der Waals surface area contributed by atoms with Crippen LogP contribution >= 0.6 is 0 Å². The third kappa shape index (κ3) is 5.81. The van der Waals surface area contributed by atoms with Crippen molar-refractivity contribution in [2.75, 3.05) is 26.2 Å². The van der Waals surface area contributed by atoms with Gasteiger partial charge >= 0.3 is 0 Å². The maximum atomic E-state index is 3.60. The first kappa shape index (κ1) is 18.8. The first-order chi connectivity index (χ1) is 12.8. The van der Waals surface area contributed by atoms with Crippen molar-refractivity contribution in [3.63, 3.8) is 0 Å². The fourth-order valence-electron chi connectivity index (χ4n) is 3.75. The van der Waals surface area contributed by atoms with Gasteiger partial charge in [-0.2, -0.15) is 0 Å². The van der Waals surface area contributed by atoms with Gasteiger partial charge in [-0.1, -0.05) is 48.9 Å². The number of unbranched alkanes of at least 4 members (excludes halogenated alkanes) is 3. The zero-order valence-electron chi connectivity index (χ0n) is 16.2. The van der Waals surface area contributed by atoms with E-state index in [9.17, 15) is 0 Å². The summed E-state index contributed by atoms with van der Waals surface area (Å²) in [5, 5.41) is 3.60.